The largest absolute Gasteiger partial charge is 0.480 e. The molecule has 0 aliphatic heterocycles. The van der Waals surface area contributed by atoms with Gasteiger partial charge in [0, 0.05) is 5.54 Å². The molecule has 13 heavy (non-hydrogen) atoms. The topological polar surface area (TPSA) is 49.3 Å². The molecule has 0 aromatic carbocycles. The van der Waals surface area contributed by atoms with Crippen LogP contribution in [0.1, 0.15) is 47.5 Å². The van der Waals surface area contributed by atoms with Gasteiger partial charge >= 0.3 is 5.97 Å². The summed E-state index contributed by atoms with van der Waals surface area (Å²) in [5.74, 6) is -0.757. The zero-order chi connectivity index (χ0) is 10.7. The molecule has 0 amide bonds. The van der Waals surface area contributed by atoms with Gasteiger partial charge in [-0.15, -0.1) is 0 Å². The summed E-state index contributed by atoms with van der Waals surface area (Å²) in [5, 5.41) is 12.3. The van der Waals surface area contributed by atoms with Gasteiger partial charge < -0.3 is 5.11 Å². The van der Waals surface area contributed by atoms with Crippen LogP contribution in [0, 0.1) is 0 Å². The molecule has 3 nitrogen and oxygen atoms in total. The van der Waals surface area contributed by atoms with E-state index in [2.05, 4.69) is 5.32 Å². The summed E-state index contributed by atoms with van der Waals surface area (Å²) in [4.78, 5) is 11.1. The lowest BCUT2D eigenvalue weighted by atomic mass is 9.89. The highest BCUT2D eigenvalue weighted by molar-refractivity contribution is 5.78. The fourth-order valence-electron chi connectivity index (χ4n) is 1.50. The third-order valence-electron chi connectivity index (χ3n) is 2.23. The fourth-order valence-corrected chi connectivity index (χ4v) is 1.50. The summed E-state index contributed by atoms with van der Waals surface area (Å²) >= 11 is 0. The molecule has 0 saturated carbocycles. The van der Waals surface area contributed by atoms with E-state index >= 15 is 0 Å². The van der Waals surface area contributed by atoms with E-state index in [1.807, 2.05) is 34.6 Å². The minimum Gasteiger partial charge on any atom is -0.480 e. The first-order valence-corrected chi connectivity index (χ1v) is 4.80. The second-order valence-corrected chi connectivity index (χ2v) is 4.47. The monoisotopic (exact) mass is 187 g/mol. The SMILES string of the molecule is CCC(CC)(NC(C)(C)C)C(=O)O. The van der Waals surface area contributed by atoms with E-state index in [1.165, 1.54) is 0 Å². The van der Waals surface area contributed by atoms with Crippen LogP contribution in [-0.2, 0) is 4.79 Å². The van der Waals surface area contributed by atoms with Gasteiger partial charge in [0.2, 0.25) is 0 Å². The molecule has 0 spiro atoms. The number of nitrogens with one attached hydrogen (secondary N) is 1. The highest BCUT2D eigenvalue weighted by atomic mass is 16.4. The molecular formula is C10H21NO2. The normalized spacial score (nSPS) is 13.0. The van der Waals surface area contributed by atoms with Crippen molar-refractivity contribution in [1.82, 2.24) is 5.32 Å². The number of carboxylic acids is 1. The fraction of sp³-hybridized carbons (Fsp3) is 0.900. The minimum atomic E-state index is -0.766. The first-order valence-electron chi connectivity index (χ1n) is 4.80. The Bertz CT molecular complexity index is 178. The molecule has 3 heteroatoms. The lowest BCUT2D eigenvalue weighted by Crippen LogP contribution is -2.58. The Hall–Kier alpha value is -0.570. The van der Waals surface area contributed by atoms with E-state index in [9.17, 15) is 4.79 Å². The zero-order valence-corrected chi connectivity index (χ0v) is 9.27. The molecule has 2 N–H and O–H groups in total. The Morgan fingerprint density at radius 2 is 1.62 bits per heavy atom. The molecule has 0 rings (SSSR count). The van der Waals surface area contributed by atoms with E-state index in [0.29, 0.717) is 12.8 Å². The van der Waals surface area contributed by atoms with Crippen molar-refractivity contribution in [1.29, 1.82) is 0 Å². The summed E-state index contributed by atoms with van der Waals surface area (Å²) in [6.45, 7) is 9.74. The second-order valence-electron chi connectivity index (χ2n) is 4.47. The van der Waals surface area contributed by atoms with Gasteiger partial charge in [0.05, 0.1) is 0 Å². The summed E-state index contributed by atoms with van der Waals surface area (Å²) in [7, 11) is 0. The average Bonchev–Trinajstić information content (AvgIpc) is 1.98. The summed E-state index contributed by atoms with van der Waals surface area (Å²) in [5.41, 5.74) is -0.928. The van der Waals surface area contributed by atoms with Crippen LogP contribution in [0.3, 0.4) is 0 Å². The second kappa shape index (κ2) is 4.09. The Morgan fingerprint density at radius 1 is 1.23 bits per heavy atom. The molecule has 0 atom stereocenters. The zero-order valence-electron chi connectivity index (χ0n) is 9.27. The first-order chi connectivity index (χ1) is 5.77. The van der Waals surface area contributed by atoms with Crippen molar-refractivity contribution in [3.63, 3.8) is 0 Å². The van der Waals surface area contributed by atoms with Crippen molar-refractivity contribution in [2.75, 3.05) is 0 Å². The number of carbonyl (C=O) groups is 1. The summed E-state index contributed by atoms with van der Waals surface area (Å²) in [6, 6.07) is 0. The van der Waals surface area contributed by atoms with Crippen LogP contribution in [-0.4, -0.2) is 22.2 Å². The predicted molar refractivity (Wildman–Crippen MR) is 53.8 cm³/mol. The van der Waals surface area contributed by atoms with E-state index in [4.69, 9.17) is 5.11 Å². The molecule has 0 unspecified atom stereocenters. The van der Waals surface area contributed by atoms with E-state index < -0.39 is 11.5 Å². The van der Waals surface area contributed by atoms with Gasteiger partial charge in [-0.25, -0.2) is 0 Å². The van der Waals surface area contributed by atoms with Crippen LogP contribution in [0.15, 0.2) is 0 Å². The third kappa shape index (κ3) is 3.35. The summed E-state index contributed by atoms with van der Waals surface area (Å²) < 4.78 is 0. The smallest absolute Gasteiger partial charge is 0.323 e. The highest BCUT2D eigenvalue weighted by Gasteiger charge is 2.37. The number of carboxylic acid groups (broad SMARTS) is 1. The van der Waals surface area contributed by atoms with Crippen LogP contribution in [0.5, 0.6) is 0 Å². The van der Waals surface area contributed by atoms with Gasteiger partial charge in [-0.05, 0) is 33.6 Å². The van der Waals surface area contributed by atoms with Gasteiger partial charge in [-0.2, -0.15) is 0 Å². The molecule has 0 heterocycles. The first kappa shape index (κ1) is 12.4. The van der Waals surface area contributed by atoms with Gasteiger partial charge in [0.25, 0.3) is 0 Å². The molecule has 0 saturated heterocycles. The predicted octanol–water partition coefficient (Wildman–Crippen LogP) is 2.02. The number of rotatable bonds is 4. The standard InChI is InChI=1S/C10H21NO2/c1-6-10(7-2,8(12)13)11-9(3,4)5/h11H,6-7H2,1-5H3,(H,12,13). The van der Waals surface area contributed by atoms with E-state index in [0.717, 1.165) is 0 Å². The van der Waals surface area contributed by atoms with Gasteiger partial charge in [0.1, 0.15) is 5.54 Å². The molecular weight excluding hydrogens is 166 g/mol. The number of aliphatic carboxylic acids is 1. The number of hydrogen-bond donors (Lipinski definition) is 2. The molecule has 0 aromatic heterocycles. The van der Waals surface area contributed by atoms with Crippen LogP contribution in [0.25, 0.3) is 0 Å². The van der Waals surface area contributed by atoms with Crippen molar-refractivity contribution < 1.29 is 9.90 Å². The lowest BCUT2D eigenvalue weighted by molar-refractivity contribution is -0.146. The maximum Gasteiger partial charge on any atom is 0.323 e. The van der Waals surface area contributed by atoms with Gasteiger partial charge in [-0.3, -0.25) is 10.1 Å². The molecule has 0 aromatic rings. The average molecular weight is 187 g/mol. The highest BCUT2D eigenvalue weighted by Crippen LogP contribution is 2.19. The quantitative estimate of drug-likeness (QED) is 0.708. The lowest BCUT2D eigenvalue weighted by Gasteiger charge is -2.35. The van der Waals surface area contributed by atoms with Gasteiger partial charge in [-0.1, -0.05) is 13.8 Å². The van der Waals surface area contributed by atoms with E-state index in [1.54, 1.807) is 0 Å². The van der Waals surface area contributed by atoms with Crippen LogP contribution in [0.4, 0.5) is 0 Å². The molecule has 0 aliphatic carbocycles. The minimum absolute atomic E-state index is 0.162. The van der Waals surface area contributed by atoms with Crippen molar-refractivity contribution in [2.24, 2.45) is 0 Å². The Balaban J connectivity index is 4.69. The molecule has 0 aliphatic rings. The van der Waals surface area contributed by atoms with Crippen LogP contribution in [0.2, 0.25) is 0 Å². The number of hydrogen-bond acceptors (Lipinski definition) is 2. The Labute approximate surface area is 80.5 Å². The van der Waals surface area contributed by atoms with E-state index in [-0.39, 0.29) is 5.54 Å². The van der Waals surface area contributed by atoms with Crippen LogP contribution < -0.4 is 5.32 Å². The van der Waals surface area contributed by atoms with Crippen molar-refractivity contribution in [2.45, 2.75) is 58.5 Å². The maximum absolute atomic E-state index is 11.1. The van der Waals surface area contributed by atoms with Crippen LogP contribution >= 0.6 is 0 Å². The Morgan fingerprint density at radius 3 is 1.69 bits per heavy atom. The van der Waals surface area contributed by atoms with Crippen molar-refractivity contribution in [3.05, 3.63) is 0 Å². The molecule has 0 fully saturated rings. The molecule has 0 radical (unpaired) electrons. The molecule has 78 valence electrons. The van der Waals surface area contributed by atoms with Gasteiger partial charge in [0.15, 0.2) is 0 Å². The molecule has 0 bridgehead atoms. The third-order valence-corrected chi connectivity index (χ3v) is 2.23. The van der Waals surface area contributed by atoms with Crippen molar-refractivity contribution >= 4 is 5.97 Å². The van der Waals surface area contributed by atoms with Crippen molar-refractivity contribution in [3.8, 4) is 0 Å². The Kier molecular flexibility index (Phi) is 3.91. The maximum atomic E-state index is 11.1. The summed E-state index contributed by atoms with van der Waals surface area (Å²) in [6.07, 6.45) is 1.21.